The minimum atomic E-state index is -4.03. The maximum absolute atomic E-state index is 13.1. The zero-order valence-corrected chi connectivity index (χ0v) is 19.7. The molecular formula is C22H27N3O5S2. The Labute approximate surface area is 192 Å². The molecule has 8 nitrogen and oxygen atoms in total. The summed E-state index contributed by atoms with van der Waals surface area (Å²) in [6.07, 6.45) is 3.74. The molecule has 1 fully saturated rings. The lowest BCUT2D eigenvalue weighted by Gasteiger charge is -2.18. The quantitative estimate of drug-likeness (QED) is 0.425. The molecule has 10 heteroatoms. The number of thioether (sulfide) groups is 1. The first-order chi connectivity index (χ1) is 15.4. The fourth-order valence-corrected chi connectivity index (χ4v) is 5.12. The second kappa shape index (κ2) is 10.8. The van der Waals surface area contributed by atoms with E-state index in [1.165, 1.54) is 37.1 Å². The largest absolute Gasteiger partial charge is 0.383 e. The van der Waals surface area contributed by atoms with Crippen LogP contribution in [0.1, 0.15) is 33.6 Å². The number of hydrogen-bond acceptors (Lipinski definition) is 6. The average Bonchev–Trinajstić information content (AvgIpc) is 3.33. The molecule has 0 atom stereocenters. The molecule has 0 aliphatic carbocycles. The van der Waals surface area contributed by atoms with Crippen LogP contribution in [0.5, 0.6) is 0 Å². The number of nitrogens with one attached hydrogen (secondary N) is 2. The first-order valence-corrected chi connectivity index (χ1v) is 12.9. The second-order valence-corrected chi connectivity index (χ2v) is 9.79. The zero-order chi connectivity index (χ0) is 23.1. The van der Waals surface area contributed by atoms with Gasteiger partial charge in [-0.25, -0.2) is 8.42 Å². The Hall–Kier alpha value is -2.56. The standard InChI is InChI=1S/C22H27N3O5S2/c1-30-14-11-23-21(26)17-7-3-4-8-19(17)24-32(28,29)16-9-10-20(31-2)18(15-16)22(27)25-12-5-6-13-25/h3-4,7-10,15,24H,5-6,11-14H2,1-2H3,(H,23,26). The van der Waals surface area contributed by atoms with Gasteiger partial charge in [-0.3, -0.25) is 14.3 Å². The number of rotatable bonds is 9. The van der Waals surface area contributed by atoms with E-state index < -0.39 is 15.9 Å². The number of sulfonamides is 1. The van der Waals surface area contributed by atoms with E-state index in [1.807, 2.05) is 6.26 Å². The average molecular weight is 478 g/mol. The van der Waals surface area contributed by atoms with Gasteiger partial charge in [-0.2, -0.15) is 0 Å². The molecule has 2 N–H and O–H groups in total. The van der Waals surface area contributed by atoms with Crippen LogP contribution in [-0.4, -0.2) is 64.7 Å². The first-order valence-electron chi connectivity index (χ1n) is 10.2. The highest BCUT2D eigenvalue weighted by Crippen LogP contribution is 2.28. The van der Waals surface area contributed by atoms with E-state index in [1.54, 1.807) is 29.2 Å². The highest BCUT2D eigenvalue weighted by Gasteiger charge is 2.25. The topological polar surface area (TPSA) is 105 Å². The van der Waals surface area contributed by atoms with Crippen LogP contribution in [-0.2, 0) is 14.8 Å². The lowest BCUT2D eigenvalue weighted by molar-refractivity contribution is 0.0788. The van der Waals surface area contributed by atoms with Gasteiger partial charge in [0.15, 0.2) is 0 Å². The molecule has 2 aromatic rings. The van der Waals surface area contributed by atoms with Crippen LogP contribution in [0.15, 0.2) is 52.3 Å². The molecule has 0 unspecified atom stereocenters. The van der Waals surface area contributed by atoms with Crippen molar-refractivity contribution >= 4 is 39.3 Å². The molecule has 1 aliphatic rings. The van der Waals surface area contributed by atoms with Crippen molar-refractivity contribution in [3.05, 3.63) is 53.6 Å². The summed E-state index contributed by atoms with van der Waals surface area (Å²) in [5.74, 6) is -0.579. The minimum absolute atomic E-state index is 0.0348. The zero-order valence-electron chi connectivity index (χ0n) is 18.1. The number of anilines is 1. The second-order valence-electron chi connectivity index (χ2n) is 7.26. The highest BCUT2D eigenvalue weighted by atomic mass is 32.2. The minimum Gasteiger partial charge on any atom is -0.383 e. The lowest BCUT2D eigenvalue weighted by atomic mass is 10.1. The predicted octanol–water partition coefficient (Wildman–Crippen LogP) is 2.82. The van der Waals surface area contributed by atoms with Gasteiger partial charge in [0, 0.05) is 31.6 Å². The molecule has 0 bridgehead atoms. The molecule has 2 amide bonds. The smallest absolute Gasteiger partial charge is 0.261 e. The van der Waals surface area contributed by atoms with Crippen LogP contribution < -0.4 is 10.0 Å². The Morgan fingerprint density at radius 1 is 1.09 bits per heavy atom. The van der Waals surface area contributed by atoms with Gasteiger partial charge in [0.05, 0.1) is 28.3 Å². The molecule has 1 heterocycles. The van der Waals surface area contributed by atoms with Crippen molar-refractivity contribution < 1.29 is 22.7 Å². The van der Waals surface area contributed by atoms with Gasteiger partial charge in [0.1, 0.15) is 0 Å². The molecular weight excluding hydrogens is 450 g/mol. The SMILES string of the molecule is COCCNC(=O)c1ccccc1NS(=O)(=O)c1ccc(SC)c(C(=O)N2CCCC2)c1. The highest BCUT2D eigenvalue weighted by molar-refractivity contribution is 7.98. The summed E-state index contributed by atoms with van der Waals surface area (Å²) in [4.78, 5) is 27.9. The lowest BCUT2D eigenvalue weighted by Crippen LogP contribution is -2.29. The van der Waals surface area contributed by atoms with Crippen LogP contribution in [0.2, 0.25) is 0 Å². The van der Waals surface area contributed by atoms with E-state index in [-0.39, 0.29) is 22.1 Å². The number of carbonyl (C=O) groups is 2. The van der Waals surface area contributed by atoms with Crippen LogP contribution in [0, 0.1) is 0 Å². The molecule has 0 aromatic heterocycles. The maximum atomic E-state index is 13.1. The Kier molecular flexibility index (Phi) is 8.16. The Morgan fingerprint density at radius 3 is 2.50 bits per heavy atom. The van der Waals surface area contributed by atoms with Gasteiger partial charge < -0.3 is 15.0 Å². The third kappa shape index (κ3) is 5.62. The third-order valence-electron chi connectivity index (χ3n) is 5.11. The summed E-state index contributed by atoms with van der Waals surface area (Å²) >= 11 is 1.40. The van der Waals surface area contributed by atoms with Crippen LogP contribution in [0.4, 0.5) is 5.69 Å². The number of benzene rings is 2. The number of ether oxygens (including phenoxy) is 1. The van der Waals surface area contributed by atoms with E-state index >= 15 is 0 Å². The van der Waals surface area contributed by atoms with E-state index in [4.69, 9.17) is 4.74 Å². The van der Waals surface area contributed by atoms with Crippen molar-refractivity contribution in [2.75, 3.05) is 44.3 Å². The van der Waals surface area contributed by atoms with E-state index in [2.05, 4.69) is 10.0 Å². The fourth-order valence-electron chi connectivity index (χ4n) is 3.45. The molecule has 32 heavy (non-hydrogen) atoms. The number of carbonyl (C=O) groups excluding carboxylic acids is 2. The number of nitrogens with zero attached hydrogens (tertiary/aromatic N) is 1. The number of hydrogen-bond donors (Lipinski definition) is 2. The van der Waals surface area contributed by atoms with E-state index in [0.717, 1.165) is 17.7 Å². The van der Waals surface area contributed by atoms with Crippen molar-refractivity contribution in [1.29, 1.82) is 0 Å². The van der Waals surface area contributed by atoms with Gasteiger partial charge in [-0.15, -0.1) is 11.8 Å². The number of amides is 2. The van der Waals surface area contributed by atoms with E-state index in [0.29, 0.717) is 31.8 Å². The summed E-state index contributed by atoms with van der Waals surface area (Å²) in [6, 6.07) is 10.9. The Morgan fingerprint density at radius 2 is 1.81 bits per heavy atom. The van der Waals surface area contributed by atoms with Gasteiger partial charge in [0.25, 0.3) is 21.8 Å². The normalized spacial score (nSPS) is 13.8. The van der Waals surface area contributed by atoms with E-state index in [9.17, 15) is 18.0 Å². The predicted molar refractivity (Wildman–Crippen MR) is 125 cm³/mol. The van der Waals surface area contributed by atoms with Crippen LogP contribution in [0.3, 0.4) is 0 Å². The van der Waals surface area contributed by atoms with Gasteiger partial charge in [-0.1, -0.05) is 12.1 Å². The summed E-state index contributed by atoms with van der Waals surface area (Å²) < 4.78 is 33.7. The molecule has 1 aliphatic heterocycles. The van der Waals surface area contributed by atoms with Crippen LogP contribution in [0.25, 0.3) is 0 Å². The summed E-state index contributed by atoms with van der Waals surface area (Å²) in [7, 11) is -2.51. The molecule has 0 spiro atoms. The van der Waals surface area contributed by atoms with Crippen molar-refractivity contribution in [1.82, 2.24) is 10.2 Å². The molecule has 172 valence electrons. The monoisotopic (exact) mass is 477 g/mol. The maximum Gasteiger partial charge on any atom is 0.261 e. The first kappa shape index (κ1) is 24.1. The van der Waals surface area contributed by atoms with Crippen molar-refractivity contribution in [3.8, 4) is 0 Å². The number of likely N-dealkylation sites (tertiary alicyclic amines) is 1. The molecule has 3 rings (SSSR count). The summed E-state index contributed by atoms with van der Waals surface area (Å²) in [6.45, 7) is 1.99. The van der Waals surface area contributed by atoms with Gasteiger partial charge in [0.2, 0.25) is 0 Å². The molecule has 1 saturated heterocycles. The third-order valence-corrected chi connectivity index (χ3v) is 7.27. The molecule has 0 saturated carbocycles. The number of methoxy groups -OCH3 is 1. The van der Waals surface area contributed by atoms with Crippen molar-refractivity contribution in [2.24, 2.45) is 0 Å². The van der Waals surface area contributed by atoms with Crippen molar-refractivity contribution in [2.45, 2.75) is 22.6 Å². The van der Waals surface area contributed by atoms with Gasteiger partial charge >= 0.3 is 0 Å². The fraction of sp³-hybridized carbons (Fsp3) is 0.364. The van der Waals surface area contributed by atoms with Gasteiger partial charge in [-0.05, 0) is 49.4 Å². The summed E-state index contributed by atoms with van der Waals surface area (Å²) in [5, 5.41) is 2.68. The van der Waals surface area contributed by atoms with Crippen LogP contribution >= 0.6 is 11.8 Å². The molecule has 2 aromatic carbocycles. The summed E-state index contributed by atoms with van der Waals surface area (Å²) in [5.41, 5.74) is 0.720. The Bertz CT molecular complexity index is 1080. The van der Waals surface area contributed by atoms with Crippen molar-refractivity contribution in [3.63, 3.8) is 0 Å². The Balaban J connectivity index is 1.88. The molecule has 0 radical (unpaired) electrons. The number of para-hydroxylation sites is 1.